The molecule has 0 aromatic heterocycles. The highest BCUT2D eigenvalue weighted by Gasteiger charge is 2.07. The molecule has 2 rings (SSSR count). The second-order valence-electron chi connectivity index (χ2n) is 4.10. The second-order valence-corrected chi connectivity index (χ2v) is 4.10. The van der Waals surface area contributed by atoms with E-state index in [-0.39, 0.29) is 5.97 Å². The number of esters is 1. The molecule has 0 N–H and O–H groups in total. The van der Waals surface area contributed by atoms with Gasteiger partial charge in [0.2, 0.25) is 0 Å². The average molecular weight is 266 g/mol. The summed E-state index contributed by atoms with van der Waals surface area (Å²) in [7, 11) is 0. The van der Waals surface area contributed by atoms with Crippen molar-refractivity contribution in [2.75, 3.05) is 6.61 Å². The molecule has 1 radical (unpaired) electrons. The summed E-state index contributed by atoms with van der Waals surface area (Å²) in [5, 5.41) is 4.51. The number of para-hydroxylation sites is 1. The molecule has 0 saturated carbocycles. The lowest BCUT2D eigenvalue weighted by Crippen LogP contribution is -2.05. The van der Waals surface area contributed by atoms with E-state index in [4.69, 9.17) is 4.74 Å². The van der Waals surface area contributed by atoms with Gasteiger partial charge in [-0.1, -0.05) is 48.5 Å². The standard InChI is InChI=1S/C17H16NO2/c1-2-20-17(19)13-16(14-9-5-3-6-10-14)18-15-11-7-4-8-12-15/h3-13H,2H2,1H3/b16-13-. The zero-order valence-electron chi connectivity index (χ0n) is 11.3. The zero-order chi connectivity index (χ0) is 14.2. The number of benzene rings is 2. The van der Waals surface area contributed by atoms with Crippen molar-refractivity contribution in [3.63, 3.8) is 0 Å². The first-order valence-electron chi connectivity index (χ1n) is 6.50. The van der Waals surface area contributed by atoms with Crippen LogP contribution in [-0.4, -0.2) is 12.6 Å². The van der Waals surface area contributed by atoms with Gasteiger partial charge in [0, 0.05) is 11.6 Å². The third kappa shape index (κ3) is 3.99. The number of carbonyl (C=O) groups is 1. The monoisotopic (exact) mass is 266 g/mol. The van der Waals surface area contributed by atoms with E-state index >= 15 is 0 Å². The Morgan fingerprint density at radius 1 is 1.05 bits per heavy atom. The zero-order valence-corrected chi connectivity index (χ0v) is 11.3. The normalized spacial score (nSPS) is 10.9. The maximum absolute atomic E-state index is 11.7. The topological polar surface area (TPSA) is 40.4 Å². The van der Waals surface area contributed by atoms with Gasteiger partial charge in [0.1, 0.15) is 0 Å². The first-order chi connectivity index (χ1) is 9.79. The van der Waals surface area contributed by atoms with Gasteiger partial charge in [-0.25, -0.2) is 10.1 Å². The van der Waals surface area contributed by atoms with Gasteiger partial charge >= 0.3 is 5.97 Å². The molecule has 101 valence electrons. The minimum Gasteiger partial charge on any atom is -0.463 e. The van der Waals surface area contributed by atoms with Crippen LogP contribution in [0.25, 0.3) is 5.70 Å². The van der Waals surface area contributed by atoms with Crippen LogP contribution in [0.3, 0.4) is 0 Å². The number of nitrogens with zero attached hydrogens (tertiary/aromatic N) is 1. The van der Waals surface area contributed by atoms with Crippen LogP contribution in [0.15, 0.2) is 66.7 Å². The predicted octanol–water partition coefficient (Wildman–Crippen LogP) is 3.53. The maximum Gasteiger partial charge on any atom is 0.332 e. The predicted molar refractivity (Wildman–Crippen MR) is 79.3 cm³/mol. The number of hydrogen-bond donors (Lipinski definition) is 0. The fraction of sp³-hybridized carbons (Fsp3) is 0.118. The van der Waals surface area contributed by atoms with Gasteiger partial charge in [-0.15, -0.1) is 0 Å². The summed E-state index contributed by atoms with van der Waals surface area (Å²) in [6, 6.07) is 19.1. The van der Waals surface area contributed by atoms with E-state index in [1.54, 1.807) is 6.92 Å². The quantitative estimate of drug-likeness (QED) is 0.613. The molecule has 0 aliphatic heterocycles. The molecular formula is C17H16NO2. The van der Waals surface area contributed by atoms with Crippen LogP contribution in [0.1, 0.15) is 12.5 Å². The summed E-state index contributed by atoms with van der Waals surface area (Å²) in [4.78, 5) is 11.7. The van der Waals surface area contributed by atoms with Gasteiger partial charge in [0.25, 0.3) is 0 Å². The highest BCUT2D eigenvalue weighted by atomic mass is 16.5. The molecule has 0 aliphatic rings. The smallest absolute Gasteiger partial charge is 0.332 e. The SMILES string of the molecule is CCOC(=O)/C=C(\[N]c1ccccc1)c1ccccc1. The summed E-state index contributed by atoms with van der Waals surface area (Å²) in [6.07, 6.45) is 1.42. The van der Waals surface area contributed by atoms with Crippen LogP contribution in [0, 0.1) is 0 Å². The molecule has 3 heteroatoms. The van der Waals surface area contributed by atoms with Crippen molar-refractivity contribution in [3.8, 4) is 0 Å². The van der Waals surface area contributed by atoms with Crippen molar-refractivity contribution in [1.82, 2.24) is 5.32 Å². The lowest BCUT2D eigenvalue weighted by molar-refractivity contribution is -0.137. The van der Waals surface area contributed by atoms with Crippen LogP contribution in [0.2, 0.25) is 0 Å². The maximum atomic E-state index is 11.7. The van der Waals surface area contributed by atoms with E-state index < -0.39 is 0 Å². The van der Waals surface area contributed by atoms with E-state index in [1.807, 2.05) is 60.7 Å². The van der Waals surface area contributed by atoms with Crippen molar-refractivity contribution < 1.29 is 9.53 Å². The van der Waals surface area contributed by atoms with Crippen molar-refractivity contribution in [2.45, 2.75) is 6.92 Å². The molecule has 0 spiro atoms. The molecule has 0 bridgehead atoms. The van der Waals surface area contributed by atoms with E-state index in [2.05, 4.69) is 5.32 Å². The molecule has 0 saturated heterocycles. The van der Waals surface area contributed by atoms with Crippen LogP contribution >= 0.6 is 0 Å². The molecule has 0 unspecified atom stereocenters. The van der Waals surface area contributed by atoms with Gasteiger partial charge < -0.3 is 4.74 Å². The van der Waals surface area contributed by atoms with E-state index in [9.17, 15) is 4.79 Å². The fourth-order valence-corrected chi connectivity index (χ4v) is 1.73. The highest BCUT2D eigenvalue weighted by molar-refractivity contribution is 5.91. The van der Waals surface area contributed by atoms with Crippen molar-refractivity contribution >= 4 is 17.4 Å². The first-order valence-corrected chi connectivity index (χ1v) is 6.50. The molecule has 0 amide bonds. The van der Waals surface area contributed by atoms with Crippen LogP contribution < -0.4 is 5.32 Å². The molecule has 0 atom stereocenters. The van der Waals surface area contributed by atoms with Gasteiger partial charge in [0.05, 0.1) is 18.0 Å². The Bertz CT molecular complexity index is 576. The van der Waals surface area contributed by atoms with Crippen molar-refractivity contribution in [1.29, 1.82) is 0 Å². The highest BCUT2D eigenvalue weighted by Crippen LogP contribution is 2.18. The Kier molecular flexibility index (Phi) is 4.95. The molecule has 0 fully saturated rings. The van der Waals surface area contributed by atoms with Gasteiger partial charge in [-0.2, -0.15) is 0 Å². The van der Waals surface area contributed by atoms with Crippen LogP contribution in [0.4, 0.5) is 5.69 Å². The number of rotatable bonds is 5. The summed E-state index contributed by atoms with van der Waals surface area (Å²) < 4.78 is 4.96. The second kappa shape index (κ2) is 7.14. The number of ether oxygens (including phenoxy) is 1. The molecular weight excluding hydrogens is 250 g/mol. The summed E-state index contributed by atoms with van der Waals surface area (Å²) in [5.74, 6) is -0.383. The largest absolute Gasteiger partial charge is 0.463 e. The Labute approximate surface area is 118 Å². The third-order valence-corrected chi connectivity index (χ3v) is 2.62. The van der Waals surface area contributed by atoms with Gasteiger partial charge in [-0.3, -0.25) is 0 Å². The van der Waals surface area contributed by atoms with E-state index in [1.165, 1.54) is 6.08 Å². The Morgan fingerprint density at radius 3 is 2.25 bits per heavy atom. The minimum absolute atomic E-state index is 0.350. The lowest BCUT2D eigenvalue weighted by atomic mass is 10.1. The average Bonchev–Trinajstić information content (AvgIpc) is 2.49. The number of hydrogen-bond acceptors (Lipinski definition) is 2. The van der Waals surface area contributed by atoms with Crippen LogP contribution in [-0.2, 0) is 9.53 Å². The molecule has 0 aliphatic carbocycles. The molecule has 2 aromatic carbocycles. The van der Waals surface area contributed by atoms with Gasteiger partial charge in [-0.05, 0) is 19.1 Å². The fourth-order valence-electron chi connectivity index (χ4n) is 1.73. The minimum atomic E-state index is -0.383. The Morgan fingerprint density at radius 2 is 1.65 bits per heavy atom. The molecule has 3 nitrogen and oxygen atoms in total. The lowest BCUT2D eigenvalue weighted by Gasteiger charge is -2.08. The van der Waals surface area contributed by atoms with Gasteiger partial charge in [0.15, 0.2) is 0 Å². The number of carbonyl (C=O) groups excluding carboxylic acids is 1. The molecule has 0 heterocycles. The Balaban J connectivity index is 2.27. The third-order valence-electron chi connectivity index (χ3n) is 2.62. The van der Waals surface area contributed by atoms with Crippen LogP contribution in [0.5, 0.6) is 0 Å². The molecule has 20 heavy (non-hydrogen) atoms. The summed E-state index contributed by atoms with van der Waals surface area (Å²) in [6.45, 7) is 2.13. The van der Waals surface area contributed by atoms with Crippen molar-refractivity contribution in [2.24, 2.45) is 0 Å². The summed E-state index contributed by atoms with van der Waals surface area (Å²) >= 11 is 0. The van der Waals surface area contributed by atoms with E-state index in [0.717, 1.165) is 11.3 Å². The van der Waals surface area contributed by atoms with Crippen molar-refractivity contribution in [3.05, 3.63) is 72.3 Å². The summed E-state index contributed by atoms with van der Waals surface area (Å²) in [5.41, 5.74) is 2.27. The Hall–Kier alpha value is -2.55. The van der Waals surface area contributed by atoms with E-state index in [0.29, 0.717) is 12.3 Å². The molecule has 2 aromatic rings. The first kappa shape index (κ1) is 13.9.